The Morgan fingerprint density at radius 3 is 1.90 bits per heavy atom. The molecule has 1 aromatic carbocycles. The van der Waals surface area contributed by atoms with Crippen LogP contribution in [0.4, 0.5) is 0 Å². The average molecular weight is 311 g/mol. The zero-order valence-corrected chi connectivity index (χ0v) is 14.5. The first-order valence-electron chi connectivity index (χ1n) is 8.56. The molecule has 2 heteroatoms. The average Bonchev–Trinajstić information content (AvgIpc) is 2.53. The summed E-state index contributed by atoms with van der Waals surface area (Å²) in [6, 6.07) is 8.12. The van der Waals surface area contributed by atoms with Crippen LogP contribution < -0.4 is 4.74 Å². The van der Waals surface area contributed by atoms with E-state index in [1.807, 2.05) is 12.1 Å². The van der Waals surface area contributed by atoms with Crippen molar-refractivity contribution in [3.63, 3.8) is 0 Å². The molecule has 0 radical (unpaired) electrons. The Balaban J connectivity index is 2.03. The van der Waals surface area contributed by atoms with E-state index < -0.39 is 0 Å². The van der Waals surface area contributed by atoms with E-state index in [0.717, 1.165) is 12.2 Å². The summed E-state index contributed by atoms with van der Waals surface area (Å²) >= 11 is 6.46. The third kappa shape index (κ3) is 8.36. The molecule has 0 fully saturated rings. The molecule has 0 saturated heterocycles. The van der Waals surface area contributed by atoms with Crippen LogP contribution in [-0.4, -0.2) is 7.11 Å². The standard InChI is InChI=1S/C19H31ClO/c1-3-4-5-6-7-8-9-10-11-12-19(20)17-13-15-18(21-2)16-14-17/h13-16,19H,3-12H2,1-2H3. The maximum atomic E-state index is 6.46. The quantitative estimate of drug-likeness (QED) is 0.301. The van der Waals surface area contributed by atoms with Crippen molar-refractivity contribution in [3.8, 4) is 5.75 Å². The summed E-state index contributed by atoms with van der Waals surface area (Å²) < 4.78 is 5.17. The number of ether oxygens (including phenoxy) is 1. The fourth-order valence-electron chi connectivity index (χ4n) is 2.61. The van der Waals surface area contributed by atoms with Crippen LogP contribution in [0.15, 0.2) is 24.3 Å². The fraction of sp³-hybridized carbons (Fsp3) is 0.684. The van der Waals surface area contributed by atoms with E-state index in [9.17, 15) is 0 Å². The van der Waals surface area contributed by atoms with Crippen molar-refractivity contribution in [1.29, 1.82) is 0 Å². The van der Waals surface area contributed by atoms with Crippen LogP contribution in [-0.2, 0) is 0 Å². The molecule has 0 bridgehead atoms. The summed E-state index contributed by atoms with van der Waals surface area (Å²) in [5.41, 5.74) is 1.21. The Kier molecular flexibility index (Phi) is 10.4. The van der Waals surface area contributed by atoms with Gasteiger partial charge in [0.25, 0.3) is 0 Å². The highest BCUT2D eigenvalue weighted by atomic mass is 35.5. The molecule has 120 valence electrons. The summed E-state index contributed by atoms with van der Waals surface area (Å²) in [5.74, 6) is 0.894. The van der Waals surface area contributed by atoms with E-state index >= 15 is 0 Å². The van der Waals surface area contributed by atoms with Crippen LogP contribution in [0.5, 0.6) is 5.75 Å². The third-order valence-corrected chi connectivity index (χ3v) is 4.51. The van der Waals surface area contributed by atoms with Gasteiger partial charge in [0.15, 0.2) is 0 Å². The second kappa shape index (κ2) is 11.9. The van der Waals surface area contributed by atoms with Gasteiger partial charge >= 0.3 is 0 Å². The van der Waals surface area contributed by atoms with Crippen LogP contribution in [0.1, 0.15) is 82.1 Å². The maximum absolute atomic E-state index is 6.46. The minimum atomic E-state index is 0.139. The second-order valence-electron chi connectivity index (χ2n) is 5.86. The summed E-state index contributed by atoms with van der Waals surface area (Å²) in [5, 5.41) is 0.139. The number of rotatable bonds is 12. The molecule has 1 rings (SSSR count). The Bertz CT molecular complexity index is 347. The molecule has 0 amide bonds. The highest BCUT2D eigenvalue weighted by molar-refractivity contribution is 6.20. The first kappa shape index (κ1) is 18.4. The molecule has 0 aliphatic heterocycles. The van der Waals surface area contributed by atoms with Crippen LogP contribution in [0, 0.1) is 0 Å². The molecule has 0 aromatic heterocycles. The van der Waals surface area contributed by atoms with Crippen molar-refractivity contribution < 1.29 is 4.74 Å². The monoisotopic (exact) mass is 310 g/mol. The van der Waals surface area contributed by atoms with E-state index in [2.05, 4.69) is 19.1 Å². The van der Waals surface area contributed by atoms with E-state index in [1.54, 1.807) is 7.11 Å². The van der Waals surface area contributed by atoms with Crippen molar-refractivity contribution in [2.24, 2.45) is 0 Å². The number of hydrogen-bond acceptors (Lipinski definition) is 1. The molecule has 0 aliphatic rings. The fourth-order valence-corrected chi connectivity index (χ4v) is 2.91. The highest BCUT2D eigenvalue weighted by Crippen LogP contribution is 2.28. The lowest BCUT2D eigenvalue weighted by Gasteiger charge is -2.10. The lowest BCUT2D eigenvalue weighted by molar-refractivity contribution is 0.414. The van der Waals surface area contributed by atoms with Crippen LogP contribution >= 0.6 is 11.6 Å². The predicted molar refractivity (Wildman–Crippen MR) is 93.4 cm³/mol. The van der Waals surface area contributed by atoms with Crippen molar-refractivity contribution in [3.05, 3.63) is 29.8 Å². The van der Waals surface area contributed by atoms with Gasteiger partial charge in [-0.2, -0.15) is 0 Å². The molecule has 0 aliphatic carbocycles. The number of hydrogen-bond donors (Lipinski definition) is 0. The molecule has 0 spiro atoms. The number of unbranched alkanes of at least 4 members (excludes halogenated alkanes) is 8. The zero-order valence-electron chi connectivity index (χ0n) is 13.7. The van der Waals surface area contributed by atoms with E-state index in [-0.39, 0.29) is 5.38 Å². The lowest BCUT2D eigenvalue weighted by atomic mass is 10.0. The number of halogens is 1. The Morgan fingerprint density at radius 1 is 0.857 bits per heavy atom. The van der Waals surface area contributed by atoms with Crippen molar-refractivity contribution >= 4 is 11.6 Å². The van der Waals surface area contributed by atoms with E-state index in [4.69, 9.17) is 16.3 Å². The van der Waals surface area contributed by atoms with Crippen molar-refractivity contribution in [2.45, 2.75) is 76.5 Å². The molecule has 1 aromatic rings. The van der Waals surface area contributed by atoms with Gasteiger partial charge in [-0.05, 0) is 24.1 Å². The number of benzene rings is 1. The minimum Gasteiger partial charge on any atom is -0.497 e. The van der Waals surface area contributed by atoms with Gasteiger partial charge in [-0.15, -0.1) is 11.6 Å². The smallest absolute Gasteiger partial charge is 0.118 e. The van der Waals surface area contributed by atoms with Gasteiger partial charge in [0.1, 0.15) is 5.75 Å². The number of methoxy groups -OCH3 is 1. The largest absolute Gasteiger partial charge is 0.497 e. The lowest BCUT2D eigenvalue weighted by Crippen LogP contribution is -1.92. The topological polar surface area (TPSA) is 9.23 Å². The SMILES string of the molecule is CCCCCCCCCCCC(Cl)c1ccc(OC)cc1. The Morgan fingerprint density at radius 2 is 1.38 bits per heavy atom. The van der Waals surface area contributed by atoms with Crippen LogP contribution in [0.2, 0.25) is 0 Å². The molecular weight excluding hydrogens is 280 g/mol. The van der Waals surface area contributed by atoms with Crippen LogP contribution in [0.25, 0.3) is 0 Å². The van der Waals surface area contributed by atoms with Crippen molar-refractivity contribution in [2.75, 3.05) is 7.11 Å². The first-order valence-corrected chi connectivity index (χ1v) is 8.99. The van der Waals surface area contributed by atoms with Gasteiger partial charge in [0.2, 0.25) is 0 Å². The third-order valence-electron chi connectivity index (χ3n) is 4.04. The molecule has 0 heterocycles. The molecule has 1 unspecified atom stereocenters. The molecule has 0 N–H and O–H groups in total. The van der Waals surface area contributed by atoms with Gasteiger partial charge < -0.3 is 4.74 Å². The molecule has 1 atom stereocenters. The van der Waals surface area contributed by atoms with E-state index in [0.29, 0.717) is 0 Å². The van der Waals surface area contributed by atoms with Gasteiger partial charge in [-0.25, -0.2) is 0 Å². The summed E-state index contributed by atoms with van der Waals surface area (Å²) in [4.78, 5) is 0. The summed E-state index contributed by atoms with van der Waals surface area (Å²) in [7, 11) is 1.69. The minimum absolute atomic E-state index is 0.139. The van der Waals surface area contributed by atoms with Crippen molar-refractivity contribution in [1.82, 2.24) is 0 Å². The van der Waals surface area contributed by atoms with Crippen LogP contribution in [0.3, 0.4) is 0 Å². The number of alkyl halides is 1. The Labute approximate surface area is 136 Å². The first-order chi connectivity index (χ1) is 10.3. The van der Waals surface area contributed by atoms with E-state index in [1.165, 1.54) is 63.4 Å². The molecule has 0 saturated carbocycles. The molecule has 21 heavy (non-hydrogen) atoms. The summed E-state index contributed by atoms with van der Waals surface area (Å²) in [6.07, 6.45) is 13.3. The highest BCUT2D eigenvalue weighted by Gasteiger charge is 2.07. The maximum Gasteiger partial charge on any atom is 0.118 e. The Hall–Kier alpha value is -0.690. The molecule has 1 nitrogen and oxygen atoms in total. The van der Waals surface area contributed by atoms with Gasteiger partial charge in [0.05, 0.1) is 12.5 Å². The normalized spacial score (nSPS) is 12.3. The molecular formula is C19H31ClO. The summed E-state index contributed by atoms with van der Waals surface area (Å²) in [6.45, 7) is 2.27. The predicted octanol–water partition coefficient (Wildman–Crippen LogP) is 6.90. The van der Waals surface area contributed by atoms with Gasteiger partial charge in [-0.3, -0.25) is 0 Å². The zero-order chi connectivity index (χ0) is 15.3. The van der Waals surface area contributed by atoms with Gasteiger partial charge in [0, 0.05) is 0 Å². The van der Waals surface area contributed by atoms with Gasteiger partial charge in [-0.1, -0.05) is 76.8 Å². The second-order valence-corrected chi connectivity index (χ2v) is 6.38.